The number of fused-ring (bicyclic) bond motifs is 2. The van der Waals surface area contributed by atoms with Crippen molar-refractivity contribution in [3.63, 3.8) is 0 Å². The van der Waals surface area contributed by atoms with Gasteiger partial charge in [0.1, 0.15) is 0 Å². The molecule has 0 radical (unpaired) electrons. The number of para-hydroxylation sites is 1. The van der Waals surface area contributed by atoms with Gasteiger partial charge >= 0.3 is 0 Å². The molecule has 1 aromatic heterocycles. The van der Waals surface area contributed by atoms with Crippen LogP contribution in [-0.4, -0.2) is 16.9 Å². The van der Waals surface area contributed by atoms with Crippen molar-refractivity contribution in [1.82, 2.24) is 4.98 Å². The zero-order valence-corrected chi connectivity index (χ0v) is 16.6. The van der Waals surface area contributed by atoms with E-state index in [-0.39, 0.29) is 5.91 Å². The van der Waals surface area contributed by atoms with Crippen LogP contribution in [0, 0.1) is 30.6 Å². The van der Waals surface area contributed by atoms with E-state index in [9.17, 15) is 4.79 Å². The van der Waals surface area contributed by atoms with E-state index in [1.54, 1.807) is 0 Å². The molecule has 1 heterocycles. The fourth-order valence-electron chi connectivity index (χ4n) is 5.67. The summed E-state index contributed by atoms with van der Waals surface area (Å²) in [6.45, 7) is 6.71. The second-order valence-electron chi connectivity index (χ2n) is 8.95. The van der Waals surface area contributed by atoms with Gasteiger partial charge in [0.25, 0.3) is 5.91 Å². The molecule has 2 aliphatic carbocycles. The van der Waals surface area contributed by atoms with Gasteiger partial charge in [-0.05, 0) is 68.4 Å². The van der Waals surface area contributed by atoms with Gasteiger partial charge in [0, 0.05) is 28.7 Å². The maximum absolute atomic E-state index is 11.6. The van der Waals surface area contributed by atoms with E-state index in [0.717, 1.165) is 40.4 Å². The molecule has 2 saturated carbocycles. The van der Waals surface area contributed by atoms with Gasteiger partial charge in [0.2, 0.25) is 0 Å². The maximum Gasteiger partial charge on any atom is 0.250 e. The van der Waals surface area contributed by atoms with Gasteiger partial charge in [0.05, 0.1) is 5.56 Å². The minimum atomic E-state index is -0.386. The number of benzene rings is 1. The third-order valence-corrected chi connectivity index (χ3v) is 6.72. The highest BCUT2D eigenvalue weighted by Gasteiger charge is 2.40. The first-order chi connectivity index (χ1) is 12.9. The third-order valence-electron chi connectivity index (χ3n) is 6.72. The van der Waals surface area contributed by atoms with Crippen LogP contribution in [-0.2, 0) is 0 Å². The molecule has 1 aromatic carbocycles. The van der Waals surface area contributed by atoms with Crippen molar-refractivity contribution in [2.45, 2.75) is 52.5 Å². The van der Waals surface area contributed by atoms with Crippen LogP contribution < -0.4 is 11.1 Å². The Kier molecular flexibility index (Phi) is 4.75. The number of hydrogen-bond acceptors (Lipinski definition) is 2. The molecule has 4 heteroatoms. The largest absolute Gasteiger partial charge is 0.381 e. The Morgan fingerprint density at radius 2 is 1.93 bits per heavy atom. The van der Waals surface area contributed by atoms with E-state index in [2.05, 4.69) is 42.3 Å². The average Bonchev–Trinajstić information content (AvgIpc) is 3.00. The Labute approximate surface area is 161 Å². The molecular weight excluding hydrogens is 334 g/mol. The summed E-state index contributed by atoms with van der Waals surface area (Å²) >= 11 is 0. The van der Waals surface area contributed by atoms with E-state index in [4.69, 9.17) is 5.73 Å². The summed E-state index contributed by atoms with van der Waals surface area (Å²) in [6, 6.07) is 10.8. The standard InChI is InChI=1S/C23H31N3O/c1-13-8-16-10-14(2)22(17(9-13)11-16)26-20-7-5-4-6-18(20)21-12-19(23(24)27)15(3)25-21/h4-7,12-14,16-17,22,25-26H,8-11H2,1-3H3,(H2,24,27). The van der Waals surface area contributed by atoms with Crippen molar-refractivity contribution < 1.29 is 4.79 Å². The molecule has 4 N–H and O–H groups in total. The quantitative estimate of drug-likeness (QED) is 0.716. The lowest BCUT2D eigenvalue weighted by atomic mass is 9.63. The van der Waals surface area contributed by atoms with Crippen molar-refractivity contribution in [2.24, 2.45) is 29.4 Å². The van der Waals surface area contributed by atoms with E-state index < -0.39 is 0 Å². The molecule has 144 valence electrons. The normalized spacial score (nSPS) is 30.1. The number of nitrogens with two attached hydrogens (primary N) is 1. The van der Waals surface area contributed by atoms with Crippen LogP contribution in [0.4, 0.5) is 5.69 Å². The van der Waals surface area contributed by atoms with Crippen LogP contribution in [0.2, 0.25) is 0 Å². The fourth-order valence-corrected chi connectivity index (χ4v) is 5.67. The lowest BCUT2D eigenvalue weighted by Crippen LogP contribution is -2.45. The highest BCUT2D eigenvalue weighted by Crippen LogP contribution is 2.46. The molecule has 2 bridgehead atoms. The molecule has 27 heavy (non-hydrogen) atoms. The topological polar surface area (TPSA) is 70.9 Å². The van der Waals surface area contributed by atoms with Gasteiger partial charge < -0.3 is 16.0 Å². The number of nitrogens with one attached hydrogen (secondary N) is 2. The number of primary amides is 1. The number of H-pyrrole nitrogens is 1. The zero-order chi connectivity index (χ0) is 19.1. The van der Waals surface area contributed by atoms with Crippen LogP contribution in [0.15, 0.2) is 30.3 Å². The SMILES string of the molecule is Cc1[nH]c(-c2ccccc2NC2C(C)CC3CC(C)CC2C3)cc1C(N)=O. The zero-order valence-electron chi connectivity index (χ0n) is 16.6. The fraction of sp³-hybridized carbons (Fsp3) is 0.522. The number of aromatic nitrogens is 1. The van der Waals surface area contributed by atoms with Crippen LogP contribution in [0.25, 0.3) is 11.3 Å². The predicted molar refractivity (Wildman–Crippen MR) is 111 cm³/mol. The highest BCUT2D eigenvalue weighted by molar-refractivity contribution is 5.96. The minimum Gasteiger partial charge on any atom is -0.381 e. The molecule has 5 unspecified atom stereocenters. The van der Waals surface area contributed by atoms with Crippen LogP contribution in [0.3, 0.4) is 0 Å². The number of hydrogen-bond donors (Lipinski definition) is 3. The van der Waals surface area contributed by atoms with E-state index in [1.807, 2.05) is 19.1 Å². The molecule has 2 aromatic rings. The number of carbonyl (C=O) groups is 1. The van der Waals surface area contributed by atoms with Gasteiger partial charge in [-0.25, -0.2) is 0 Å². The Bertz CT molecular complexity index is 836. The van der Waals surface area contributed by atoms with Crippen molar-refractivity contribution >= 4 is 11.6 Å². The molecule has 2 fully saturated rings. The van der Waals surface area contributed by atoms with Gasteiger partial charge in [-0.1, -0.05) is 32.0 Å². The molecule has 0 saturated heterocycles. The molecule has 2 aliphatic rings. The van der Waals surface area contributed by atoms with Gasteiger partial charge in [-0.3, -0.25) is 4.79 Å². The monoisotopic (exact) mass is 365 g/mol. The second-order valence-corrected chi connectivity index (χ2v) is 8.95. The highest BCUT2D eigenvalue weighted by atomic mass is 16.1. The first kappa shape index (κ1) is 18.1. The smallest absolute Gasteiger partial charge is 0.250 e. The molecule has 5 atom stereocenters. The minimum absolute atomic E-state index is 0.386. The van der Waals surface area contributed by atoms with Crippen molar-refractivity contribution in [3.8, 4) is 11.3 Å². The first-order valence-corrected chi connectivity index (χ1v) is 10.3. The van der Waals surface area contributed by atoms with Gasteiger partial charge in [0.15, 0.2) is 0 Å². The number of rotatable bonds is 4. The lowest BCUT2D eigenvalue weighted by Gasteiger charge is -2.47. The van der Waals surface area contributed by atoms with E-state index in [1.165, 1.54) is 25.7 Å². The Balaban J connectivity index is 1.63. The first-order valence-electron chi connectivity index (χ1n) is 10.3. The Hall–Kier alpha value is -2.23. The summed E-state index contributed by atoms with van der Waals surface area (Å²) < 4.78 is 0. The number of aromatic amines is 1. The average molecular weight is 366 g/mol. The Morgan fingerprint density at radius 3 is 2.67 bits per heavy atom. The van der Waals surface area contributed by atoms with Crippen molar-refractivity contribution in [1.29, 1.82) is 0 Å². The summed E-state index contributed by atoms with van der Waals surface area (Å²) in [5.74, 6) is 2.79. The Morgan fingerprint density at radius 1 is 1.15 bits per heavy atom. The molecule has 0 spiro atoms. The maximum atomic E-state index is 11.6. The molecular formula is C23H31N3O. The van der Waals surface area contributed by atoms with Gasteiger partial charge in [-0.2, -0.15) is 0 Å². The van der Waals surface area contributed by atoms with Crippen LogP contribution in [0.1, 0.15) is 55.6 Å². The lowest BCUT2D eigenvalue weighted by molar-refractivity contribution is 0.0964. The van der Waals surface area contributed by atoms with Crippen LogP contribution >= 0.6 is 0 Å². The summed E-state index contributed by atoms with van der Waals surface area (Å²) in [5.41, 5.74) is 10.1. The molecule has 1 amide bonds. The van der Waals surface area contributed by atoms with E-state index in [0.29, 0.717) is 17.5 Å². The second kappa shape index (κ2) is 7.06. The summed E-state index contributed by atoms with van der Waals surface area (Å²) in [7, 11) is 0. The number of anilines is 1. The van der Waals surface area contributed by atoms with Gasteiger partial charge in [-0.15, -0.1) is 0 Å². The van der Waals surface area contributed by atoms with Crippen molar-refractivity contribution in [2.75, 3.05) is 5.32 Å². The number of carbonyl (C=O) groups excluding carboxylic acids is 1. The van der Waals surface area contributed by atoms with Crippen molar-refractivity contribution in [3.05, 3.63) is 41.6 Å². The number of amides is 1. The molecule has 0 aliphatic heterocycles. The third kappa shape index (κ3) is 3.50. The van der Waals surface area contributed by atoms with Crippen LogP contribution in [0.5, 0.6) is 0 Å². The summed E-state index contributed by atoms with van der Waals surface area (Å²) in [6.07, 6.45) is 5.42. The predicted octanol–water partition coefficient (Wildman–Crippen LogP) is 4.96. The summed E-state index contributed by atoms with van der Waals surface area (Å²) in [4.78, 5) is 15.0. The molecule has 4 nitrogen and oxygen atoms in total. The summed E-state index contributed by atoms with van der Waals surface area (Å²) in [5, 5.41) is 3.90. The number of aryl methyl sites for hydroxylation is 1. The van der Waals surface area contributed by atoms with E-state index >= 15 is 0 Å². The molecule has 4 rings (SSSR count).